The molecule has 0 saturated heterocycles. The number of amides is 1. The third-order valence-electron chi connectivity index (χ3n) is 3.44. The Bertz CT molecular complexity index is 1050. The largest absolute Gasteiger partial charge is 0.391 e. The Morgan fingerprint density at radius 1 is 1.34 bits per heavy atom. The number of aromatic nitrogens is 2. The van der Waals surface area contributed by atoms with Gasteiger partial charge in [0.25, 0.3) is 15.6 Å². The molecule has 0 bridgehead atoms. The molecule has 12 nitrogen and oxygen atoms in total. The molecule has 7 N–H and O–H groups in total. The molecular formula is C16H21N7O5S. The molecule has 0 aliphatic rings. The summed E-state index contributed by atoms with van der Waals surface area (Å²) in [7, 11) is -4.11. The van der Waals surface area contributed by atoms with Gasteiger partial charge in [-0.15, -0.1) is 0 Å². The summed E-state index contributed by atoms with van der Waals surface area (Å²) in [5, 5.41) is 5.60. The Hall–Kier alpha value is -3.61. The van der Waals surface area contributed by atoms with E-state index in [9.17, 15) is 18.0 Å². The molecular weight excluding hydrogens is 402 g/mol. The predicted octanol–water partition coefficient (Wildman–Crippen LogP) is -1.26. The van der Waals surface area contributed by atoms with Gasteiger partial charge in [-0.1, -0.05) is 6.07 Å². The lowest BCUT2D eigenvalue weighted by molar-refractivity contribution is -0.120. The van der Waals surface area contributed by atoms with Gasteiger partial charge in [-0.3, -0.25) is 14.3 Å². The molecule has 0 aromatic carbocycles. The molecule has 2 aromatic rings. The molecule has 0 aliphatic carbocycles. The van der Waals surface area contributed by atoms with Crippen LogP contribution in [-0.2, 0) is 26.1 Å². The van der Waals surface area contributed by atoms with Crippen molar-refractivity contribution in [3.63, 3.8) is 0 Å². The summed E-state index contributed by atoms with van der Waals surface area (Å²) in [5.74, 6) is -0.707. The van der Waals surface area contributed by atoms with Crippen LogP contribution in [0.2, 0.25) is 0 Å². The van der Waals surface area contributed by atoms with E-state index >= 15 is 0 Å². The highest BCUT2D eigenvalue weighted by Crippen LogP contribution is 2.16. The lowest BCUT2D eigenvalue weighted by Crippen LogP contribution is -2.30. The lowest BCUT2D eigenvalue weighted by atomic mass is 10.1. The van der Waals surface area contributed by atoms with E-state index in [0.29, 0.717) is 5.69 Å². The molecule has 0 spiro atoms. The first-order valence-corrected chi connectivity index (χ1v) is 9.81. The van der Waals surface area contributed by atoms with E-state index in [1.165, 1.54) is 24.4 Å². The fourth-order valence-electron chi connectivity index (χ4n) is 2.29. The van der Waals surface area contributed by atoms with Crippen LogP contribution in [0.5, 0.6) is 0 Å². The van der Waals surface area contributed by atoms with Gasteiger partial charge in [-0.2, -0.15) is 8.42 Å². The van der Waals surface area contributed by atoms with Crippen molar-refractivity contribution in [1.29, 1.82) is 0 Å². The minimum absolute atomic E-state index is 0.0250. The van der Waals surface area contributed by atoms with Crippen molar-refractivity contribution in [2.24, 2.45) is 16.6 Å². The quantitative estimate of drug-likeness (QED) is 0.143. The van der Waals surface area contributed by atoms with Gasteiger partial charge in [0, 0.05) is 11.9 Å². The standard InChI is InChI=1S/C16H21N7O5S/c1-10-8-11(9-12(24)19-6-7-28-22-16(17)18)14(15(25)21-10)23-29(26,27)13-4-2-3-5-20-13/h2-5,8,23H,6-7,9H2,1H3,(H,19,24)(H,21,25)(H4,17,18,22). The number of hydrogen-bond donors (Lipinski definition) is 5. The fourth-order valence-corrected chi connectivity index (χ4v) is 3.35. The molecule has 2 rings (SSSR count). The predicted molar refractivity (Wildman–Crippen MR) is 105 cm³/mol. The third kappa shape index (κ3) is 6.49. The molecule has 0 fully saturated rings. The van der Waals surface area contributed by atoms with Gasteiger partial charge in [-0.25, -0.2) is 4.98 Å². The van der Waals surface area contributed by atoms with E-state index in [2.05, 4.69) is 25.2 Å². The van der Waals surface area contributed by atoms with Crippen LogP contribution in [0.25, 0.3) is 0 Å². The third-order valence-corrected chi connectivity index (χ3v) is 4.70. The summed E-state index contributed by atoms with van der Waals surface area (Å²) in [5.41, 5.74) is 9.93. The molecule has 1 amide bonds. The Labute approximate surface area is 166 Å². The number of anilines is 1. The average molecular weight is 423 g/mol. The molecule has 29 heavy (non-hydrogen) atoms. The zero-order chi connectivity index (χ0) is 21.4. The maximum absolute atomic E-state index is 12.5. The van der Waals surface area contributed by atoms with Gasteiger partial charge in [0.05, 0.1) is 13.0 Å². The highest BCUT2D eigenvalue weighted by Gasteiger charge is 2.21. The van der Waals surface area contributed by atoms with Gasteiger partial charge in [0.2, 0.25) is 11.9 Å². The molecule has 0 radical (unpaired) electrons. The maximum atomic E-state index is 12.5. The Kier molecular flexibility index (Phi) is 7.14. The smallest absolute Gasteiger partial charge is 0.279 e. The first kappa shape index (κ1) is 21.7. The second kappa shape index (κ2) is 9.54. The van der Waals surface area contributed by atoms with Crippen molar-refractivity contribution in [1.82, 2.24) is 15.3 Å². The number of hydrogen-bond acceptors (Lipinski definition) is 7. The number of nitrogens with two attached hydrogens (primary N) is 2. The minimum Gasteiger partial charge on any atom is -0.391 e. The summed E-state index contributed by atoms with van der Waals surface area (Å²) >= 11 is 0. The molecule has 2 heterocycles. The number of carbonyl (C=O) groups excluding carboxylic acids is 1. The SMILES string of the molecule is Cc1cc(CC(=O)NCCON=C(N)N)c(NS(=O)(=O)c2ccccn2)c(=O)[nH]1. The molecule has 2 aromatic heterocycles. The van der Waals surface area contributed by atoms with Crippen LogP contribution in [-0.4, -0.2) is 43.4 Å². The maximum Gasteiger partial charge on any atom is 0.279 e. The molecule has 0 atom stereocenters. The first-order valence-electron chi connectivity index (χ1n) is 8.33. The van der Waals surface area contributed by atoms with E-state index in [1.54, 1.807) is 13.0 Å². The van der Waals surface area contributed by atoms with Crippen LogP contribution >= 0.6 is 0 Å². The number of guanidine groups is 1. The van der Waals surface area contributed by atoms with Crippen LogP contribution in [0.1, 0.15) is 11.3 Å². The summed E-state index contributed by atoms with van der Waals surface area (Å²) in [6, 6.07) is 5.85. The second-order valence-electron chi connectivity index (χ2n) is 5.83. The molecule has 0 saturated carbocycles. The number of aryl methyl sites for hydroxylation is 1. The van der Waals surface area contributed by atoms with Crippen molar-refractivity contribution in [2.75, 3.05) is 17.9 Å². The van der Waals surface area contributed by atoms with Gasteiger partial charge in [-0.05, 0) is 35.8 Å². The van der Waals surface area contributed by atoms with E-state index in [-0.39, 0.29) is 41.8 Å². The number of nitrogens with one attached hydrogen (secondary N) is 3. The monoisotopic (exact) mass is 423 g/mol. The topological polar surface area (TPSA) is 195 Å². The number of H-pyrrole nitrogens is 1. The minimum atomic E-state index is -4.11. The van der Waals surface area contributed by atoms with Gasteiger partial charge in [0.15, 0.2) is 5.03 Å². The van der Waals surface area contributed by atoms with Crippen LogP contribution in [0.4, 0.5) is 5.69 Å². The Morgan fingerprint density at radius 3 is 2.76 bits per heavy atom. The normalized spacial score (nSPS) is 10.8. The number of nitrogens with zero attached hydrogens (tertiary/aromatic N) is 2. The highest BCUT2D eigenvalue weighted by atomic mass is 32.2. The highest BCUT2D eigenvalue weighted by molar-refractivity contribution is 7.92. The summed E-state index contributed by atoms with van der Waals surface area (Å²) in [4.78, 5) is 35.5. The Morgan fingerprint density at radius 2 is 2.10 bits per heavy atom. The molecule has 156 valence electrons. The van der Waals surface area contributed by atoms with Crippen molar-refractivity contribution in [2.45, 2.75) is 18.4 Å². The van der Waals surface area contributed by atoms with Crippen LogP contribution in [0, 0.1) is 6.92 Å². The Balaban J connectivity index is 2.15. The molecule has 13 heteroatoms. The fraction of sp³-hybridized carbons (Fsp3) is 0.250. The number of oxime groups is 1. The number of aromatic amines is 1. The summed E-state index contributed by atoms with van der Waals surface area (Å²) in [6.07, 6.45) is 1.07. The lowest BCUT2D eigenvalue weighted by Gasteiger charge is -2.12. The van der Waals surface area contributed by atoms with Gasteiger partial charge < -0.3 is 26.6 Å². The van der Waals surface area contributed by atoms with Crippen LogP contribution in [0.3, 0.4) is 0 Å². The van der Waals surface area contributed by atoms with E-state index < -0.39 is 21.5 Å². The molecule has 0 aliphatic heterocycles. The van der Waals surface area contributed by atoms with Crippen LogP contribution < -0.4 is 27.1 Å². The average Bonchev–Trinajstić information content (AvgIpc) is 2.65. The van der Waals surface area contributed by atoms with Crippen molar-refractivity contribution in [3.05, 3.63) is 52.1 Å². The van der Waals surface area contributed by atoms with E-state index in [0.717, 1.165) is 0 Å². The molecule has 0 unspecified atom stereocenters. The van der Waals surface area contributed by atoms with Crippen molar-refractivity contribution < 1.29 is 18.0 Å². The number of sulfonamides is 1. The van der Waals surface area contributed by atoms with Gasteiger partial charge in [0.1, 0.15) is 12.3 Å². The number of pyridine rings is 2. The van der Waals surface area contributed by atoms with Crippen molar-refractivity contribution >= 4 is 27.6 Å². The zero-order valence-corrected chi connectivity index (χ0v) is 16.3. The number of carbonyl (C=O) groups is 1. The van der Waals surface area contributed by atoms with Gasteiger partial charge >= 0.3 is 0 Å². The van der Waals surface area contributed by atoms with Crippen molar-refractivity contribution in [3.8, 4) is 0 Å². The van der Waals surface area contributed by atoms with E-state index in [1.807, 2.05) is 0 Å². The second-order valence-corrected chi connectivity index (χ2v) is 7.46. The summed E-state index contributed by atoms with van der Waals surface area (Å²) in [6.45, 7) is 1.74. The summed E-state index contributed by atoms with van der Waals surface area (Å²) < 4.78 is 27.2. The first-order chi connectivity index (χ1) is 13.7. The zero-order valence-electron chi connectivity index (χ0n) is 15.5. The number of rotatable bonds is 9. The van der Waals surface area contributed by atoms with Crippen LogP contribution in [0.15, 0.2) is 45.4 Å². The van der Waals surface area contributed by atoms with E-state index in [4.69, 9.17) is 16.3 Å².